The molecule has 1 rings (SSSR count). The standard InChI is InChI=1S/C6H12O2S/c7-9(8)5-6-3-1-2-4-6/h6H,1-5H2,(H,7,8)/p-1. The molecule has 1 unspecified atom stereocenters. The minimum atomic E-state index is -1.81. The zero-order valence-corrected chi connectivity index (χ0v) is 6.15. The van der Waals surface area contributed by atoms with Gasteiger partial charge in [0.05, 0.1) is 0 Å². The molecule has 0 aromatic heterocycles. The second kappa shape index (κ2) is 3.32. The maximum Gasteiger partial charge on any atom is 0.0130 e. The highest BCUT2D eigenvalue weighted by Gasteiger charge is 2.13. The van der Waals surface area contributed by atoms with E-state index in [-0.39, 0.29) is 0 Å². The SMILES string of the molecule is O=S([O-])CC1CCCC1. The fraction of sp³-hybridized carbons (Fsp3) is 1.00. The van der Waals surface area contributed by atoms with E-state index < -0.39 is 11.1 Å². The van der Waals surface area contributed by atoms with E-state index in [1.54, 1.807) is 0 Å². The molecule has 0 spiro atoms. The van der Waals surface area contributed by atoms with Gasteiger partial charge in [-0.15, -0.1) is 0 Å². The van der Waals surface area contributed by atoms with Crippen LogP contribution in [-0.4, -0.2) is 14.5 Å². The van der Waals surface area contributed by atoms with Crippen LogP contribution < -0.4 is 0 Å². The van der Waals surface area contributed by atoms with Crippen LogP contribution >= 0.6 is 0 Å². The van der Waals surface area contributed by atoms with Gasteiger partial charge in [-0.2, -0.15) is 0 Å². The van der Waals surface area contributed by atoms with Crippen LogP contribution in [0.2, 0.25) is 0 Å². The summed E-state index contributed by atoms with van der Waals surface area (Å²) in [6.45, 7) is 0. The van der Waals surface area contributed by atoms with Crippen molar-refractivity contribution < 1.29 is 8.76 Å². The summed E-state index contributed by atoms with van der Waals surface area (Å²) in [6, 6.07) is 0. The quantitative estimate of drug-likeness (QED) is 0.548. The Morgan fingerprint density at radius 1 is 1.44 bits per heavy atom. The Balaban J connectivity index is 2.19. The van der Waals surface area contributed by atoms with Gasteiger partial charge in [0.15, 0.2) is 0 Å². The Kier molecular flexibility index (Phi) is 2.66. The summed E-state index contributed by atoms with van der Waals surface area (Å²) in [7, 11) is 0. The molecule has 54 valence electrons. The van der Waals surface area contributed by atoms with Crippen LogP contribution in [0.5, 0.6) is 0 Å². The molecule has 0 radical (unpaired) electrons. The lowest BCUT2D eigenvalue weighted by Gasteiger charge is -2.09. The van der Waals surface area contributed by atoms with E-state index in [4.69, 9.17) is 0 Å². The van der Waals surface area contributed by atoms with Gasteiger partial charge in [-0.25, -0.2) is 0 Å². The Bertz CT molecular complexity index is 108. The third-order valence-corrected chi connectivity index (χ3v) is 2.59. The average Bonchev–Trinajstić information content (AvgIpc) is 2.15. The highest BCUT2D eigenvalue weighted by molar-refractivity contribution is 7.79. The van der Waals surface area contributed by atoms with Crippen molar-refractivity contribution in [1.82, 2.24) is 0 Å². The van der Waals surface area contributed by atoms with Crippen molar-refractivity contribution in [1.29, 1.82) is 0 Å². The second-order valence-corrected chi connectivity index (χ2v) is 3.56. The molecule has 1 saturated carbocycles. The van der Waals surface area contributed by atoms with Crippen molar-refractivity contribution in [3.8, 4) is 0 Å². The highest BCUT2D eigenvalue weighted by Crippen LogP contribution is 2.24. The second-order valence-electron chi connectivity index (χ2n) is 2.62. The summed E-state index contributed by atoms with van der Waals surface area (Å²) in [5, 5.41) is 0. The summed E-state index contributed by atoms with van der Waals surface area (Å²) in [5.41, 5.74) is 0. The predicted molar refractivity (Wildman–Crippen MR) is 35.7 cm³/mol. The molecule has 0 heterocycles. The number of hydrogen-bond donors (Lipinski definition) is 0. The summed E-state index contributed by atoms with van der Waals surface area (Å²) in [4.78, 5) is 0. The minimum absolute atomic E-state index is 0.389. The monoisotopic (exact) mass is 147 g/mol. The maximum atomic E-state index is 10.2. The molecule has 0 aliphatic heterocycles. The first-order valence-electron chi connectivity index (χ1n) is 3.35. The van der Waals surface area contributed by atoms with Gasteiger partial charge >= 0.3 is 0 Å². The lowest BCUT2D eigenvalue weighted by molar-refractivity contribution is 0.514. The van der Waals surface area contributed by atoms with Gasteiger partial charge in [0.1, 0.15) is 0 Å². The van der Waals surface area contributed by atoms with Crippen molar-refractivity contribution in [2.24, 2.45) is 5.92 Å². The van der Waals surface area contributed by atoms with Crippen molar-refractivity contribution >= 4 is 11.1 Å². The first-order chi connectivity index (χ1) is 4.29. The van der Waals surface area contributed by atoms with Gasteiger partial charge in [0, 0.05) is 5.75 Å². The largest absolute Gasteiger partial charge is 0.772 e. The molecule has 2 nitrogen and oxygen atoms in total. The highest BCUT2D eigenvalue weighted by atomic mass is 32.2. The van der Waals surface area contributed by atoms with Crippen LogP contribution in [0.4, 0.5) is 0 Å². The van der Waals surface area contributed by atoms with Crippen molar-refractivity contribution in [2.75, 3.05) is 5.75 Å². The van der Waals surface area contributed by atoms with Crippen LogP contribution in [0.1, 0.15) is 25.7 Å². The van der Waals surface area contributed by atoms with E-state index in [1.807, 2.05) is 0 Å². The zero-order valence-electron chi connectivity index (χ0n) is 5.34. The first kappa shape index (κ1) is 7.22. The molecule has 0 N–H and O–H groups in total. The average molecular weight is 147 g/mol. The summed E-state index contributed by atoms with van der Waals surface area (Å²) in [6.07, 6.45) is 4.69. The summed E-state index contributed by atoms with van der Waals surface area (Å²) >= 11 is -1.81. The third kappa shape index (κ3) is 2.45. The Morgan fingerprint density at radius 3 is 2.44 bits per heavy atom. The van der Waals surface area contributed by atoms with E-state index in [9.17, 15) is 8.76 Å². The fourth-order valence-corrected chi connectivity index (χ4v) is 2.09. The van der Waals surface area contributed by atoms with Gasteiger partial charge in [-0.3, -0.25) is 4.21 Å². The van der Waals surface area contributed by atoms with Crippen LogP contribution in [0.3, 0.4) is 0 Å². The van der Waals surface area contributed by atoms with E-state index in [0.29, 0.717) is 11.7 Å². The third-order valence-electron chi connectivity index (χ3n) is 1.85. The smallest absolute Gasteiger partial charge is 0.0130 e. The minimum Gasteiger partial charge on any atom is -0.772 e. The molecule has 1 fully saturated rings. The molecule has 3 heteroatoms. The molecule has 1 atom stereocenters. The lowest BCUT2D eigenvalue weighted by Crippen LogP contribution is -2.05. The normalized spacial score (nSPS) is 24.6. The van der Waals surface area contributed by atoms with Crippen LogP contribution in [0.25, 0.3) is 0 Å². The Morgan fingerprint density at radius 2 is 2.00 bits per heavy atom. The van der Waals surface area contributed by atoms with Crippen molar-refractivity contribution in [3.63, 3.8) is 0 Å². The van der Waals surface area contributed by atoms with E-state index in [2.05, 4.69) is 0 Å². The van der Waals surface area contributed by atoms with Gasteiger partial charge in [-0.1, -0.05) is 23.9 Å². The topological polar surface area (TPSA) is 40.1 Å². The Labute approximate surface area is 57.9 Å². The molecule has 9 heavy (non-hydrogen) atoms. The Hall–Kier alpha value is 0.110. The first-order valence-corrected chi connectivity index (χ1v) is 4.59. The molecule has 0 aromatic carbocycles. The lowest BCUT2D eigenvalue weighted by atomic mass is 10.1. The van der Waals surface area contributed by atoms with Gasteiger partial charge in [0.2, 0.25) is 0 Å². The molecule has 0 bridgehead atoms. The van der Waals surface area contributed by atoms with Gasteiger partial charge < -0.3 is 4.55 Å². The molecule has 1 aliphatic rings. The molecule has 1 aliphatic carbocycles. The maximum absolute atomic E-state index is 10.2. The number of hydrogen-bond acceptors (Lipinski definition) is 2. The van der Waals surface area contributed by atoms with Gasteiger partial charge in [0.25, 0.3) is 0 Å². The van der Waals surface area contributed by atoms with Crippen LogP contribution in [-0.2, 0) is 11.1 Å². The molecule has 0 saturated heterocycles. The van der Waals surface area contributed by atoms with Crippen LogP contribution in [0, 0.1) is 5.92 Å². The van der Waals surface area contributed by atoms with Crippen molar-refractivity contribution in [2.45, 2.75) is 25.7 Å². The van der Waals surface area contributed by atoms with Gasteiger partial charge in [-0.05, 0) is 18.8 Å². The fourth-order valence-electron chi connectivity index (χ4n) is 1.37. The van der Waals surface area contributed by atoms with E-state index >= 15 is 0 Å². The van der Waals surface area contributed by atoms with Crippen molar-refractivity contribution in [3.05, 3.63) is 0 Å². The number of rotatable bonds is 2. The van der Waals surface area contributed by atoms with Crippen LogP contribution in [0.15, 0.2) is 0 Å². The molecule has 0 aromatic rings. The zero-order chi connectivity index (χ0) is 6.69. The molecular formula is C6H11O2S-. The van der Waals surface area contributed by atoms with E-state index in [0.717, 1.165) is 12.8 Å². The predicted octanol–water partition coefficient (Wildman–Crippen LogP) is 1.06. The summed E-state index contributed by atoms with van der Waals surface area (Å²) in [5.74, 6) is 0.864. The molecular weight excluding hydrogens is 136 g/mol. The molecule has 0 amide bonds. The van der Waals surface area contributed by atoms with E-state index in [1.165, 1.54) is 12.8 Å². The summed E-state index contributed by atoms with van der Waals surface area (Å²) < 4.78 is 20.3.